The van der Waals surface area contributed by atoms with E-state index in [4.69, 9.17) is 46.9 Å². The van der Waals surface area contributed by atoms with Gasteiger partial charge in [0, 0.05) is 49.9 Å². The van der Waals surface area contributed by atoms with Gasteiger partial charge in [-0.3, -0.25) is 24.0 Å². The maximum absolute atomic E-state index is 12.2. The van der Waals surface area contributed by atoms with Crippen LogP contribution in [-0.2, 0) is 24.0 Å². The van der Waals surface area contributed by atoms with E-state index < -0.39 is 6.61 Å². The first-order valence-electron chi connectivity index (χ1n) is 26.8. The Bertz CT molecular complexity index is 1620. The van der Waals surface area contributed by atoms with Crippen LogP contribution in [0.25, 0.3) is 0 Å². The summed E-state index contributed by atoms with van der Waals surface area (Å²) in [6, 6.07) is 18.9. The molecule has 0 aromatic heterocycles. The second-order valence-electron chi connectivity index (χ2n) is 18.7. The van der Waals surface area contributed by atoms with Gasteiger partial charge in [-0.2, -0.15) is 0 Å². The van der Waals surface area contributed by atoms with Crippen LogP contribution in [-0.4, -0.2) is 67.2 Å². The molecule has 0 saturated heterocycles. The summed E-state index contributed by atoms with van der Waals surface area (Å²) in [6.45, 7) is 7.93. The Balaban J connectivity index is 0.00000106. The van der Waals surface area contributed by atoms with E-state index in [-0.39, 0.29) is 35.8 Å². The van der Waals surface area contributed by atoms with Crippen LogP contribution in [0.3, 0.4) is 0 Å². The molecule has 12 heteroatoms. The van der Waals surface area contributed by atoms with E-state index in [1.807, 2.05) is 60.7 Å². The van der Waals surface area contributed by atoms with Gasteiger partial charge in [-0.25, -0.2) is 0 Å². The van der Waals surface area contributed by atoms with Crippen molar-refractivity contribution in [2.24, 2.45) is 11.8 Å². The Morgan fingerprint density at radius 3 is 1.23 bits per heavy atom. The third-order valence-corrected chi connectivity index (χ3v) is 13.2. The molecular formula is C58H92N2O7S3. The van der Waals surface area contributed by atoms with Crippen LogP contribution >= 0.6 is 36.7 Å². The number of anilines is 2. The van der Waals surface area contributed by atoms with Crippen LogP contribution in [0.15, 0.2) is 60.7 Å². The van der Waals surface area contributed by atoms with E-state index in [1.165, 1.54) is 48.3 Å². The van der Waals surface area contributed by atoms with Gasteiger partial charge in [0.05, 0.1) is 0 Å². The normalized spacial score (nSPS) is 11.5. The summed E-state index contributed by atoms with van der Waals surface area (Å²) in [5, 5.41) is 23.3. The molecule has 394 valence electrons. The summed E-state index contributed by atoms with van der Waals surface area (Å²) in [5.41, 5.74) is 1.63. The monoisotopic (exact) mass is 1020 g/mol. The maximum atomic E-state index is 12.2. The van der Waals surface area contributed by atoms with E-state index in [9.17, 15) is 24.0 Å². The molecule has 0 spiro atoms. The number of hydrogen-bond acceptors (Lipinski definition) is 10. The molecule has 0 aliphatic rings. The van der Waals surface area contributed by atoms with E-state index in [0.29, 0.717) is 56.8 Å². The van der Waals surface area contributed by atoms with Gasteiger partial charge in [-0.05, 0) is 160 Å². The van der Waals surface area contributed by atoms with Crippen LogP contribution in [0.2, 0.25) is 0 Å². The van der Waals surface area contributed by atoms with Crippen molar-refractivity contribution in [2.75, 3.05) is 23.8 Å². The molecule has 70 heavy (non-hydrogen) atoms. The number of ketones is 3. The highest BCUT2D eigenvalue weighted by Gasteiger charge is 2.15. The second-order valence-corrected chi connectivity index (χ2v) is 20.4. The minimum absolute atomic E-state index is 0.0222. The zero-order valence-electron chi connectivity index (χ0n) is 43.7. The van der Waals surface area contributed by atoms with E-state index >= 15 is 0 Å². The molecule has 0 heterocycles. The molecule has 0 aliphatic heterocycles. The predicted molar refractivity (Wildman–Crippen MR) is 305 cm³/mol. The topological polar surface area (TPSA) is 150 Å². The number of aliphatic hydroxyl groups is 2. The number of unbranched alkanes of at least 4 members (excludes halogenated alkanes) is 5. The summed E-state index contributed by atoms with van der Waals surface area (Å²) in [5.74, 6) is 0.888. The highest BCUT2D eigenvalue weighted by atomic mass is 32.1. The lowest BCUT2D eigenvalue weighted by Gasteiger charge is -2.16. The largest absolute Gasteiger partial charge is 0.389 e. The molecule has 4 N–H and O–H groups in total. The fourth-order valence-electron chi connectivity index (χ4n) is 8.12. The molecule has 0 bridgehead atoms. The van der Waals surface area contributed by atoms with Gasteiger partial charge in [0.25, 0.3) is 0 Å². The van der Waals surface area contributed by atoms with Gasteiger partial charge >= 0.3 is 0 Å². The van der Waals surface area contributed by atoms with Crippen molar-refractivity contribution in [1.82, 2.24) is 0 Å². The van der Waals surface area contributed by atoms with Crippen LogP contribution in [0.4, 0.5) is 11.4 Å². The highest BCUT2D eigenvalue weighted by Crippen LogP contribution is 2.23. The average Bonchev–Trinajstić information content (AvgIpc) is 3.34. The smallest absolute Gasteiger partial charge is 0.224 e. The summed E-state index contributed by atoms with van der Waals surface area (Å²) in [6.07, 6.45) is 27.6. The highest BCUT2D eigenvalue weighted by molar-refractivity contribution is 7.80. The molecule has 0 aliphatic carbocycles. The van der Waals surface area contributed by atoms with Gasteiger partial charge in [0.2, 0.25) is 11.8 Å². The first kappa shape index (κ1) is 66.6. The van der Waals surface area contributed by atoms with Gasteiger partial charge in [-0.15, -0.1) is 0 Å². The molecule has 2 amide bonds. The lowest BCUT2D eigenvalue weighted by Crippen LogP contribution is -2.12. The Morgan fingerprint density at radius 2 is 0.786 bits per heavy atom. The number of hydrogen-bond donors (Lipinski definition) is 4. The van der Waals surface area contributed by atoms with Crippen molar-refractivity contribution in [2.45, 2.75) is 220 Å². The lowest BCUT2D eigenvalue weighted by atomic mass is 9.90. The van der Waals surface area contributed by atoms with E-state index in [1.54, 1.807) is 0 Å². The third kappa shape index (κ3) is 41.2. The van der Waals surface area contributed by atoms with Crippen molar-refractivity contribution in [1.29, 1.82) is 0 Å². The third-order valence-electron chi connectivity index (χ3n) is 12.0. The maximum Gasteiger partial charge on any atom is 0.224 e. The number of thiocarbonyl (C=S) groups is 3. The van der Waals surface area contributed by atoms with Gasteiger partial charge in [0.15, 0.2) is 11.6 Å². The molecule has 2 aromatic carbocycles. The SMILES string of the molecule is CCCCC(=S)CCCCCC(=S)CCC.CCC[C@@H](CCCC(=O)CO)CC(=O)CCCCC(=O)Nc1ccccc1.CCC[C@@H](CCCC(=O)CO)CC(=S)CCCCC(=O)Nc1ccccc1. The molecule has 9 nitrogen and oxygen atoms in total. The number of Topliss-reactive ketones (excluding diaryl/α,β-unsaturated/α-hetero) is 3. The summed E-state index contributed by atoms with van der Waals surface area (Å²) in [4.78, 5) is 62.0. The number of amides is 2. The molecule has 0 radical (unpaired) electrons. The molecule has 0 fully saturated rings. The number of carbonyl (C=O) groups is 5. The number of nitrogens with one attached hydrogen (secondary N) is 2. The quantitative estimate of drug-likeness (QED) is 0.0374. The van der Waals surface area contributed by atoms with Crippen LogP contribution < -0.4 is 10.6 Å². The van der Waals surface area contributed by atoms with Crippen LogP contribution in [0.5, 0.6) is 0 Å². The van der Waals surface area contributed by atoms with Crippen molar-refractivity contribution >= 4 is 91.8 Å². The summed E-state index contributed by atoms with van der Waals surface area (Å²) in [7, 11) is 0. The Kier molecular flexibility index (Phi) is 44.4. The number of benzene rings is 2. The van der Waals surface area contributed by atoms with Crippen LogP contribution in [0.1, 0.15) is 220 Å². The average molecular weight is 1030 g/mol. The Morgan fingerprint density at radius 1 is 0.400 bits per heavy atom. The Labute approximate surface area is 440 Å². The number of para-hydroxylation sites is 2. The van der Waals surface area contributed by atoms with Gasteiger partial charge < -0.3 is 20.8 Å². The molecular weight excluding hydrogens is 933 g/mol. The molecule has 2 rings (SSSR count). The molecule has 0 saturated carbocycles. The second kappa shape index (κ2) is 46.6. The summed E-state index contributed by atoms with van der Waals surface area (Å²) < 4.78 is 0. The van der Waals surface area contributed by atoms with Gasteiger partial charge in [0.1, 0.15) is 19.0 Å². The van der Waals surface area contributed by atoms with Crippen molar-refractivity contribution in [3.05, 3.63) is 60.7 Å². The summed E-state index contributed by atoms with van der Waals surface area (Å²) >= 11 is 16.2. The van der Waals surface area contributed by atoms with Crippen molar-refractivity contribution in [3.8, 4) is 0 Å². The molecule has 2 atom stereocenters. The van der Waals surface area contributed by atoms with E-state index in [0.717, 1.165) is 125 Å². The van der Waals surface area contributed by atoms with Crippen molar-refractivity contribution < 1.29 is 34.2 Å². The van der Waals surface area contributed by atoms with E-state index in [2.05, 4.69) is 38.3 Å². The molecule has 0 unspecified atom stereocenters. The van der Waals surface area contributed by atoms with Gasteiger partial charge in [-0.1, -0.05) is 146 Å². The van der Waals surface area contributed by atoms with Crippen LogP contribution in [0, 0.1) is 11.8 Å². The number of aliphatic hydroxyl groups excluding tert-OH is 2. The minimum atomic E-state index is -0.394. The first-order valence-corrected chi connectivity index (χ1v) is 28.0. The minimum Gasteiger partial charge on any atom is -0.389 e. The number of carbonyl (C=O) groups excluding carboxylic acids is 5. The zero-order chi connectivity index (χ0) is 52.0. The zero-order valence-corrected chi connectivity index (χ0v) is 46.2. The molecule has 2 aromatic rings. The fourth-order valence-corrected chi connectivity index (χ4v) is 9.14. The fraction of sp³-hybridized carbons (Fsp3) is 0.655. The predicted octanol–water partition coefficient (Wildman–Crippen LogP) is 15.1. The first-order chi connectivity index (χ1) is 33.8. The number of rotatable bonds is 41. The van der Waals surface area contributed by atoms with Crippen molar-refractivity contribution in [3.63, 3.8) is 0 Å². The standard InChI is InChI=1S/C22H33NO4.C22H33NO3S.C14H26S2/c1-2-9-18(10-8-14-21(26)17-24)16-20(25)13-6-7-15-22(27)23-19-11-4-3-5-12-19;1-2-9-18(10-8-13-20(25)17-24)16-21(27)14-6-7-15-22(26)23-19-11-4-3-5-12-19;1-3-5-10-14(16)12-8-6-7-11-13(15)9-4-2/h3-5,11-12,18,24H,2,6-10,13-17H2,1H3,(H,23,27);3-5,11-12,18,24H,2,6-10,13-17H2,1H3,(H,23,26);3-12H2,1-2H3/t2*18-;/m00./s1. The Hall–Kier alpha value is -3.42. The lowest BCUT2D eigenvalue weighted by molar-refractivity contribution is -0.122.